The van der Waals surface area contributed by atoms with E-state index in [9.17, 15) is 0 Å². The van der Waals surface area contributed by atoms with Gasteiger partial charge in [0.2, 0.25) is 0 Å². The molecule has 0 amide bonds. The zero-order chi connectivity index (χ0) is 15.0. The van der Waals surface area contributed by atoms with E-state index >= 15 is 0 Å². The van der Waals surface area contributed by atoms with Crippen LogP contribution in [0.2, 0.25) is 5.02 Å². The van der Waals surface area contributed by atoms with Gasteiger partial charge in [-0.1, -0.05) is 17.7 Å². The Kier molecular flexibility index (Phi) is 4.07. The van der Waals surface area contributed by atoms with Gasteiger partial charge in [0.1, 0.15) is 0 Å². The molecule has 0 aliphatic heterocycles. The lowest BCUT2D eigenvalue weighted by Crippen LogP contribution is -2.18. The van der Waals surface area contributed by atoms with E-state index in [4.69, 9.17) is 11.6 Å². The Morgan fingerprint density at radius 2 is 2.10 bits per heavy atom. The Morgan fingerprint density at radius 1 is 1.29 bits per heavy atom. The van der Waals surface area contributed by atoms with Gasteiger partial charge in [-0.15, -0.1) is 11.3 Å². The minimum absolute atomic E-state index is 0.354. The fraction of sp³-hybridized carbons (Fsp3) is 0.294. The first-order chi connectivity index (χ1) is 10.0. The predicted molar refractivity (Wildman–Crippen MR) is 92.4 cm³/mol. The van der Waals surface area contributed by atoms with E-state index in [1.807, 2.05) is 23.5 Å². The van der Waals surface area contributed by atoms with Crippen LogP contribution in [0.1, 0.15) is 33.8 Å². The summed E-state index contributed by atoms with van der Waals surface area (Å²) in [5, 5.41) is 5.61. The van der Waals surface area contributed by atoms with Crippen molar-refractivity contribution >= 4 is 33.8 Å². The van der Waals surface area contributed by atoms with Crippen LogP contribution >= 0.6 is 22.9 Å². The third-order valence-corrected chi connectivity index (χ3v) is 5.09. The lowest BCUT2D eigenvalue weighted by molar-refractivity contribution is 0.576. The van der Waals surface area contributed by atoms with Gasteiger partial charge in [-0.05, 0) is 50.1 Å². The zero-order valence-corrected chi connectivity index (χ0v) is 14.0. The number of halogens is 1. The number of H-pyrrole nitrogens is 1. The van der Waals surface area contributed by atoms with E-state index < -0.39 is 0 Å². The number of benzene rings is 1. The number of aromatic amines is 1. The summed E-state index contributed by atoms with van der Waals surface area (Å²) >= 11 is 7.88. The molecule has 0 bridgehead atoms. The SMILES string of the molecule is Cc1cc(C(C)NCc2c[nH]c3cc(Cl)ccc23)c(C)s1. The summed E-state index contributed by atoms with van der Waals surface area (Å²) in [7, 11) is 0. The maximum absolute atomic E-state index is 6.02. The van der Waals surface area contributed by atoms with Crippen molar-refractivity contribution in [1.29, 1.82) is 0 Å². The Balaban J connectivity index is 1.76. The van der Waals surface area contributed by atoms with Gasteiger partial charge < -0.3 is 10.3 Å². The van der Waals surface area contributed by atoms with E-state index in [0.717, 1.165) is 17.1 Å². The molecule has 1 unspecified atom stereocenters. The Bertz CT molecular complexity index is 772. The van der Waals surface area contributed by atoms with Crippen molar-refractivity contribution in [3.63, 3.8) is 0 Å². The molecule has 0 saturated heterocycles. The molecule has 2 aromatic heterocycles. The summed E-state index contributed by atoms with van der Waals surface area (Å²) in [5.74, 6) is 0. The van der Waals surface area contributed by atoms with Gasteiger partial charge in [0.15, 0.2) is 0 Å². The lowest BCUT2D eigenvalue weighted by atomic mass is 10.1. The Hall–Kier alpha value is -1.29. The molecule has 2 heterocycles. The molecule has 0 aliphatic rings. The van der Waals surface area contributed by atoms with Crippen molar-refractivity contribution in [3.8, 4) is 0 Å². The molecular weight excluding hydrogens is 300 g/mol. The summed E-state index contributed by atoms with van der Waals surface area (Å²) in [6, 6.07) is 8.63. The average Bonchev–Trinajstić information content (AvgIpc) is 2.98. The summed E-state index contributed by atoms with van der Waals surface area (Å²) < 4.78 is 0. The number of nitrogens with one attached hydrogen (secondary N) is 2. The second-order valence-corrected chi connectivity index (χ2v) is 7.37. The minimum Gasteiger partial charge on any atom is -0.361 e. The maximum atomic E-state index is 6.02. The molecule has 3 aromatic rings. The lowest BCUT2D eigenvalue weighted by Gasteiger charge is -2.13. The van der Waals surface area contributed by atoms with Gasteiger partial charge in [0.25, 0.3) is 0 Å². The van der Waals surface area contributed by atoms with Gasteiger partial charge in [-0.3, -0.25) is 0 Å². The second-order valence-electron chi connectivity index (χ2n) is 5.47. The number of aryl methyl sites for hydroxylation is 2. The summed E-state index contributed by atoms with van der Waals surface area (Å²) in [6.07, 6.45) is 2.06. The first kappa shape index (κ1) is 14.6. The van der Waals surface area contributed by atoms with Crippen LogP contribution in [-0.2, 0) is 6.54 Å². The van der Waals surface area contributed by atoms with Crippen molar-refractivity contribution in [2.24, 2.45) is 0 Å². The zero-order valence-electron chi connectivity index (χ0n) is 12.5. The van der Waals surface area contributed by atoms with Crippen molar-refractivity contribution < 1.29 is 0 Å². The third kappa shape index (κ3) is 3.00. The monoisotopic (exact) mass is 318 g/mol. The molecule has 0 aliphatic carbocycles. The van der Waals surface area contributed by atoms with Crippen molar-refractivity contribution in [2.45, 2.75) is 33.4 Å². The topological polar surface area (TPSA) is 27.8 Å². The molecule has 1 atom stereocenters. The van der Waals surface area contributed by atoms with E-state index in [2.05, 4.69) is 49.4 Å². The minimum atomic E-state index is 0.354. The van der Waals surface area contributed by atoms with Crippen LogP contribution in [0.4, 0.5) is 0 Å². The van der Waals surface area contributed by atoms with Crippen LogP contribution in [0.25, 0.3) is 10.9 Å². The molecule has 0 radical (unpaired) electrons. The van der Waals surface area contributed by atoms with Crippen molar-refractivity contribution in [2.75, 3.05) is 0 Å². The number of thiophene rings is 1. The van der Waals surface area contributed by atoms with Gasteiger partial charge in [-0.2, -0.15) is 0 Å². The fourth-order valence-electron chi connectivity index (χ4n) is 2.76. The van der Waals surface area contributed by atoms with Crippen LogP contribution < -0.4 is 5.32 Å². The molecule has 1 aromatic carbocycles. The maximum Gasteiger partial charge on any atom is 0.0472 e. The predicted octanol–water partition coefficient (Wildman–Crippen LogP) is 5.35. The van der Waals surface area contributed by atoms with Crippen LogP contribution in [-0.4, -0.2) is 4.98 Å². The Labute approximate surface area is 134 Å². The first-order valence-corrected chi connectivity index (χ1v) is 8.30. The number of fused-ring (bicyclic) bond motifs is 1. The number of hydrogen-bond acceptors (Lipinski definition) is 2. The van der Waals surface area contributed by atoms with Crippen LogP contribution in [0, 0.1) is 13.8 Å². The van der Waals surface area contributed by atoms with Gasteiger partial charge >= 0.3 is 0 Å². The molecule has 110 valence electrons. The number of rotatable bonds is 4. The van der Waals surface area contributed by atoms with E-state index in [-0.39, 0.29) is 0 Å². The highest BCUT2D eigenvalue weighted by molar-refractivity contribution is 7.12. The normalized spacial score (nSPS) is 13.0. The van der Waals surface area contributed by atoms with Crippen molar-refractivity contribution in [3.05, 3.63) is 56.4 Å². The smallest absolute Gasteiger partial charge is 0.0472 e. The standard InChI is InChI=1S/C17H19ClN2S/c1-10-6-16(12(3)21-10)11(2)19-8-13-9-20-17-7-14(18)4-5-15(13)17/h4-7,9,11,19-20H,8H2,1-3H3. The average molecular weight is 319 g/mol. The van der Waals surface area contributed by atoms with Gasteiger partial charge in [0.05, 0.1) is 0 Å². The van der Waals surface area contributed by atoms with Gasteiger partial charge in [-0.25, -0.2) is 0 Å². The summed E-state index contributed by atoms with van der Waals surface area (Å²) in [5.41, 5.74) is 3.77. The molecule has 2 N–H and O–H groups in total. The van der Waals surface area contributed by atoms with Crippen LogP contribution in [0.5, 0.6) is 0 Å². The van der Waals surface area contributed by atoms with E-state index in [0.29, 0.717) is 6.04 Å². The summed E-state index contributed by atoms with van der Waals surface area (Å²) in [6.45, 7) is 7.42. The van der Waals surface area contributed by atoms with E-state index in [1.54, 1.807) is 0 Å². The second kappa shape index (κ2) is 5.84. The summed E-state index contributed by atoms with van der Waals surface area (Å²) in [4.78, 5) is 6.06. The van der Waals surface area contributed by atoms with Crippen LogP contribution in [0.3, 0.4) is 0 Å². The third-order valence-electron chi connectivity index (χ3n) is 3.87. The highest BCUT2D eigenvalue weighted by Gasteiger charge is 2.12. The number of hydrogen-bond donors (Lipinski definition) is 2. The molecule has 3 rings (SSSR count). The highest BCUT2D eigenvalue weighted by atomic mass is 35.5. The first-order valence-electron chi connectivity index (χ1n) is 7.10. The molecule has 2 nitrogen and oxygen atoms in total. The highest BCUT2D eigenvalue weighted by Crippen LogP contribution is 2.27. The quantitative estimate of drug-likeness (QED) is 0.666. The fourth-order valence-corrected chi connectivity index (χ4v) is 3.95. The molecular formula is C17H19ClN2S. The molecule has 4 heteroatoms. The molecule has 21 heavy (non-hydrogen) atoms. The largest absolute Gasteiger partial charge is 0.361 e. The molecule has 0 fully saturated rings. The number of aromatic nitrogens is 1. The molecule has 0 saturated carbocycles. The molecule has 0 spiro atoms. The van der Waals surface area contributed by atoms with Gasteiger partial charge in [0, 0.05) is 44.5 Å². The van der Waals surface area contributed by atoms with Crippen LogP contribution in [0.15, 0.2) is 30.5 Å². The van der Waals surface area contributed by atoms with E-state index in [1.165, 1.54) is 26.3 Å². The van der Waals surface area contributed by atoms with Crippen molar-refractivity contribution in [1.82, 2.24) is 10.3 Å². The Morgan fingerprint density at radius 3 is 2.81 bits per heavy atom.